The van der Waals surface area contributed by atoms with Crippen molar-refractivity contribution in [3.8, 4) is 11.1 Å². The molecule has 0 aliphatic rings. The third kappa shape index (κ3) is 5.87. The SMILES string of the molecule is N=C(N)c1cccc(/C(=C\C(=O)Nc2ccc(-c3ccccc3S(N)(=O)=O)cc2)Cn2ncnn2)c1. The minimum absolute atomic E-state index is 0.0175. The maximum absolute atomic E-state index is 12.9. The second kappa shape index (κ2) is 10.3. The Morgan fingerprint density at radius 3 is 2.42 bits per heavy atom. The molecule has 0 spiro atoms. The van der Waals surface area contributed by atoms with Crippen LogP contribution in [-0.2, 0) is 21.4 Å². The summed E-state index contributed by atoms with van der Waals surface area (Å²) >= 11 is 0. The summed E-state index contributed by atoms with van der Waals surface area (Å²) in [7, 11) is -3.90. The van der Waals surface area contributed by atoms with Crippen molar-refractivity contribution in [3.05, 3.63) is 96.3 Å². The maximum Gasteiger partial charge on any atom is 0.248 e. The molecular weight excluding hydrogens is 480 g/mol. The summed E-state index contributed by atoms with van der Waals surface area (Å²) in [5, 5.41) is 27.4. The Morgan fingerprint density at radius 1 is 1.03 bits per heavy atom. The molecule has 1 aromatic heterocycles. The Bertz CT molecular complexity index is 1550. The van der Waals surface area contributed by atoms with E-state index in [1.54, 1.807) is 66.7 Å². The molecule has 4 aromatic rings. The first kappa shape index (κ1) is 24.4. The smallest absolute Gasteiger partial charge is 0.248 e. The number of sulfonamides is 1. The molecule has 0 radical (unpaired) electrons. The van der Waals surface area contributed by atoms with Gasteiger partial charge in [-0.3, -0.25) is 10.2 Å². The quantitative estimate of drug-likeness (QED) is 0.161. The van der Waals surface area contributed by atoms with Crippen LogP contribution in [0.3, 0.4) is 0 Å². The molecule has 0 aliphatic heterocycles. The van der Waals surface area contributed by atoms with Gasteiger partial charge >= 0.3 is 0 Å². The number of anilines is 1. The van der Waals surface area contributed by atoms with Crippen LogP contribution >= 0.6 is 0 Å². The fourth-order valence-electron chi connectivity index (χ4n) is 3.54. The number of aromatic nitrogens is 4. The number of amides is 1. The first-order valence-corrected chi connectivity index (χ1v) is 12.1. The number of carbonyl (C=O) groups is 1. The molecule has 0 saturated heterocycles. The van der Waals surface area contributed by atoms with Gasteiger partial charge in [-0.05, 0) is 46.2 Å². The molecule has 0 saturated carbocycles. The van der Waals surface area contributed by atoms with Crippen LogP contribution in [0.15, 0.2) is 90.1 Å². The molecule has 1 amide bonds. The second-order valence-electron chi connectivity index (χ2n) is 7.74. The number of tetrazole rings is 1. The summed E-state index contributed by atoms with van der Waals surface area (Å²) in [6, 6.07) is 20.1. The number of primary sulfonamides is 1. The van der Waals surface area contributed by atoms with Crippen LogP contribution in [0.4, 0.5) is 5.69 Å². The Labute approximate surface area is 207 Å². The fourth-order valence-corrected chi connectivity index (χ4v) is 4.30. The van der Waals surface area contributed by atoms with Crippen molar-refractivity contribution in [1.82, 2.24) is 20.2 Å². The zero-order valence-corrected chi connectivity index (χ0v) is 19.7. The highest BCUT2D eigenvalue weighted by atomic mass is 32.2. The molecule has 36 heavy (non-hydrogen) atoms. The molecule has 182 valence electrons. The third-order valence-corrected chi connectivity index (χ3v) is 6.18. The molecule has 3 aromatic carbocycles. The molecule has 4 rings (SSSR count). The predicted octanol–water partition coefficient (Wildman–Crippen LogP) is 1.99. The van der Waals surface area contributed by atoms with E-state index in [1.807, 2.05) is 0 Å². The molecule has 11 nitrogen and oxygen atoms in total. The number of allylic oxidation sites excluding steroid dienone is 1. The first-order valence-electron chi connectivity index (χ1n) is 10.6. The van der Waals surface area contributed by atoms with Crippen molar-refractivity contribution in [2.24, 2.45) is 10.9 Å². The molecule has 12 heteroatoms. The van der Waals surface area contributed by atoms with Crippen molar-refractivity contribution >= 4 is 33.0 Å². The molecule has 6 N–H and O–H groups in total. The molecule has 1 heterocycles. The van der Waals surface area contributed by atoms with Gasteiger partial charge in [-0.25, -0.2) is 13.6 Å². The number of nitrogens with one attached hydrogen (secondary N) is 2. The number of nitrogens with zero attached hydrogens (tertiary/aromatic N) is 4. The van der Waals surface area contributed by atoms with Crippen LogP contribution in [0.2, 0.25) is 0 Å². The first-order chi connectivity index (χ1) is 17.2. The number of nitrogen functional groups attached to an aromatic ring is 1. The normalized spacial score (nSPS) is 11.8. The maximum atomic E-state index is 12.9. The third-order valence-electron chi connectivity index (χ3n) is 5.21. The van der Waals surface area contributed by atoms with E-state index >= 15 is 0 Å². The lowest BCUT2D eigenvalue weighted by Crippen LogP contribution is -2.14. The predicted molar refractivity (Wildman–Crippen MR) is 135 cm³/mol. The van der Waals surface area contributed by atoms with Crippen molar-refractivity contribution < 1.29 is 13.2 Å². The topological polar surface area (TPSA) is 183 Å². The summed E-state index contributed by atoms with van der Waals surface area (Å²) in [6.45, 7) is 0.165. The summed E-state index contributed by atoms with van der Waals surface area (Å²) in [5.74, 6) is -0.500. The van der Waals surface area contributed by atoms with Gasteiger partial charge in [-0.2, -0.15) is 4.80 Å². The lowest BCUT2D eigenvalue weighted by molar-refractivity contribution is -0.111. The van der Waals surface area contributed by atoms with E-state index in [4.69, 9.17) is 16.3 Å². The van der Waals surface area contributed by atoms with E-state index in [2.05, 4.69) is 20.7 Å². The van der Waals surface area contributed by atoms with Gasteiger partial charge in [0.25, 0.3) is 0 Å². The Morgan fingerprint density at radius 2 is 1.75 bits per heavy atom. The standard InChI is InChI=1S/C24H22N8O3S/c25-24(26)18-5-3-4-17(12-18)19(14-32-29-15-28-31-32)13-23(33)30-20-10-8-16(9-11-20)21-6-1-2-7-22(21)36(27,34)35/h1-13,15H,14H2,(H3,25,26)(H,30,33)(H2,27,34,35)/b19-13-. The minimum atomic E-state index is -3.90. The van der Waals surface area contributed by atoms with Gasteiger partial charge < -0.3 is 11.1 Å². The summed E-state index contributed by atoms with van der Waals surface area (Å²) in [6.07, 6.45) is 2.70. The Kier molecular flexibility index (Phi) is 6.99. The molecular formula is C24H22N8O3S. The minimum Gasteiger partial charge on any atom is -0.384 e. The number of benzene rings is 3. The van der Waals surface area contributed by atoms with E-state index in [1.165, 1.54) is 23.3 Å². The Hall–Kier alpha value is -4.68. The zero-order valence-electron chi connectivity index (χ0n) is 18.9. The number of hydrogen-bond acceptors (Lipinski definition) is 7. The van der Waals surface area contributed by atoms with E-state index in [0.29, 0.717) is 33.5 Å². The monoisotopic (exact) mass is 502 g/mol. The van der Waals surface area contributed by atoms with Crippen LogP contribution in [-0.4, -0.2) is 40.4 Å². The number of hydrogen-bond donors (Lipinski definition) is 4. The Balaban J connectivity index is 1.59. The van der Waals surface area contributed by atoms with Crippen LogP contribution in [0.25, 0.3) is 16.7 Å². The highest BCUT2D eigenvalue weighted by molar-refractivity contribution is 7.89. The molecule has 0 unspecified atom stereocenters. The number of carbonyl (C=O) groups excluding carboxylic acids is 1. The molecule has 0 atom stereocenters. The number of rotatable bonds is 8. The van der Waals surface area contributed by atoms with E-state index in [9.17, 15) is 13.2 Å². The highest BCUT2D eigenvalue weighted by Gasteiger charge is 2.15. The van der Waals surface area contributed by atoms with Gasteiger partial charge in [0.15, 0.2) is 6.33 Å². The fraction of sp³-hybridized carbons (Fsp3) is 0.0417. The molecule has 0 aliphatic carbocycles. The van der Waals surface area contributed by atoms with Crippen molar-refractivity contribution in [1.29, 1.82) is 5.41 Å². The summed E-state index contributed by atoms with van der Waals surface area (Å²) < 4.78 is 23.8. The van der Waals surface area contributed by atoms with Crippen LogP contribution in [0.1, 0.15) is 11.1 Å². The van der Waals surface area contributed by atoms with Gasteiger partial charge in [0.05, 0.1) is 11.4 Å². The van der Waals surface area contributed by atoms with Crippen molar-refractivity contribution in [3.63, 3.8) is 0 Å². The van der Waals surface area contributed by atoms with Gasteiger partial charge in [-0.15, -0.1) is 10.2 Å². The number of nitrogens with two attached hydrogens (primary N) is 2. The van der Waals surface area contributed by atoms with E-state index < -0.39 is 15.9 Å². The zero-order chi connectivity index (χ0) is 25.7. The van der Waals surface area contributed by atoms with E-state index in [0.717, 1.165) is 0 Å². The van der Waals surface area contributed by atoms with Gasteiger partial charge in [0, 0.05) is 22.9 Å². The summed E-state index contributed by atoms with van der Waals surface area (Å²) in [5.41, 5.74) is 8.97. The number of amidine groups is 1. The second-order valence-corrected chi connectivity index (χ2v) is 9.27. The van der Waals surface area contributed by atoms with Crippen LogP contribution < -0.4 is 16.2 Å². The molecule has 0 fully saturated rings. The van der Waals surface area contributed by atoms with Crippen LogP contribution in [0.5, 0.6) is 0 Å². The van der Waals surface area contributed by atoms with Gasteiger partial charge in [0.2, 0.25) is 15.9 Å². The average Bonchev–Trinajstić information content (AvgIpc) is 3.37. The largest absolute Gasteiger partial charge is 0.384 e. The lowest BCUT2D eigenvalue weighted by atomic mass is 10.0. The lowest BCUT2D eigenvalue weighted by Gasteiger charge is -2.11. The van der Waals surface area contributed by atoms with Crippen LogP contribution in [0, 0.1) is 5.41 Å². The average molecular weight is 503 g/mol. The van der Waals surface area contributed by atoms with E-state index in [-0.39, 0.29) is 17.3 Å². The van der Waals surface area contributed by atoms with Gasteiger partial charge in [-0.1, -0.05) is 48.5 Å². The van der Waals surface area contributed by atoms with Crippen molar-refractivity contribution in [2.75, 3.05) is 5.32 Å². The van der Waals surface area contributed by atoms with Gasteiger partial charge in [0.1, 0.15) is 5.84 Å². The summed E-state index contributed by atoms with van der Waals surface area (Å²) in [4.78, 5) is 14.2. The molecule has 0 bridgehead atoms. The van der Waals surface area contributed by atoms with Crippen molar-refractivity contribution in [2.45, 2.75) is 11.4 Å². The highest BCUT2D eigenvalue weighted by Crippen LogP contribution is 2.27.